The van der Waals surface area contributed by atoms with Crippen LogP contribution in [0.5, 0.6) is 0 Å². The first-order chi connectivity index (χ1) is 17.5. The molecule has 0 aromatic rings. The number of carbonyl (C=O) groups excluding carboxylic acids is 1. The number of carbonyl (C=O) groups is 2. The second-order valence-corrected chi connectivity index (χ2v) is 14.2. The van der Waals surface area contributed by atoms with Crippen LogP contribution in [0.1, 0.15) is 125 Å². The van der Waals surface area contributed by atoms with Crippen molar-refractivity contribution in [3.63, 3.8) is 0 Å². The molecular weight excluding hydrogens is 460 g/mol. The van der Waals surface area contributed by atoms with E-state index in [1.165, 1.54) is 57.8 Å². The van der Waals surface area contributed by atoms with Crippen LogP contribution in [0.2, 0.25) is 0 Å². The molecule has 37 heavy (non-hydrogen) atoms. The monoisotopic (exact) mass is 514 g/mol. The van der Waals surface area contributed by atoms with Crippen LogP contribution in [0.25, 0.3) is 0 Å². The average Bonchev–Trinajstić information content (AvgIpc) is 3.18. The molecule has 0 heterocycles. The lowest BCUT2D eigenvalue weighted by atomic mass is 9.47. The van der Waals surface area contributed by atoms with Gasteiger partial charge in [0.15, 0.2) is 0 Å². The minimum Gasteiger partial charge on any atom is -0.481 e. The quantitative estimate of drug-likeness (QED) is 0.162. The van der Waals surface area contributed by atoms with Crippen LogP contribution < -0.4 is 0 Å². The molecule has 3 fully saturated rings. The molecule has 8 atom stereocenters. The molecule has 0 aliphatic heterocycles. The number of Topliss-reactive ketones (excluding diaryl/α,β-unsaturated/α-hetero) is 1. The number of allylic oxidation sites excluding steroid dienone is 1. The molecule has 1 N–H and O–H groups in total. The standard InChI is InChI=1S/C33H54O4/c1-22(2)8-6-9-23(3)28-13-14-29-27-12-11-24-20-26(37-19-7-10-25(34)21-31(35)36)15-17-32(24,4)30(27)16-18-33(28,29)5/h11,22-23,26-30H,6-10,12-21H2,1-5H3,(H,35,36). The summed E-state index contributed by atoms with van der Waals surface area (Å²) in [6.45, 7) is 13.1. The molecule has 0 spiro atoms. The highest BCUT2D eigenvalue weighted by Crippen LogP contribution is 2.67. The highest BCUT2D eigenvalue weighted by molar-refractivity contribution is 5.94. The van der Waals surface area contributed by atoms with Crippen LogP contribution in [0, 0.1) is 46.3 Å². The molecular formula is C33H54O4. The molecule has 0 aromatic carbocycles. The van der Waals surface area contributed by atoms with Gasteiger partial charge in [-0.05, 0) is 104 Å². The second kappa shape index (κ2) is 11.9. The van der Waals surface area contributed by atoms with Crippen molar-refractivity contribution in [2.24, 2.45) is 46.3 Å². The Balaban J connectivity index is 1.33. The number of ether oxygens (including phenoxy) is 1. The Labute approximate surface area is 226 Å². The van der Waals surface area contributed by atoms with Crippen molar-refractivity contribution < 1.29 is 19.4 Å². The number of carboxylic acids is 1. The first-order valence-corrected chi connectivity index (χ1v) is 15.6. The summed E-state index contributed by atoms with van der Waals surface area (Å²) in [4.78, 5) is 22.3. The van der Waals surface area contributed by atoms with Crippen molar-refractivity contribution in [1.82, 2.24) is 0 Å². The molecule has 4 heteroatoms. The molecule has 4 nitrogen and oxygen atoms in total. The molecule has 4 rings (SSSR count). The van der Waals surface area contributed by atoms with E-state index >= 15 is 0 Å². The molecule has 3 saturated carbocycles. The fourth-order valence-corrected chi connectivity index (χ4v) is 9.57. The predicted octanol–water partition coefficient (Wildman–Crippen LogP) is 8.24. The highest BCUT2D eigenvalue weighted by atomic mass is 16.5. The Morgan fingerprint density at radius 1 is 1.03 bits per heavy atom. The van der Waals surface area contributed by atoms with E-state index in [-0.39, 0.29) is 18.3 Å². The number of fused-ring (bicyclic) bond motifs is 5. The Morgan fingerprint density at radius 2 is 1.81 bits per heavy atom. The van der Waals surface area contributed by atoms with Gasteiger partial charge in [0.2, 0.25) is 0 Å². The zero-order valence-corrected chi connectivity index (χ0v) is 24.4. The number of hydrogen-bond acceptors (Lipinski definition) is 3. The summed E-state index contributed by atoms with van der Waals surface area (Å²) in [5.41, 5.74) is 2.52. The lowest BCUT2D eigenvalue weighted by Gasteiger charge is -2.58. The van der Waals surface area contributed by atoms with Gasteiger partial charge in [-0.25, -0.2) is 0 Å². The van der Waals surface area contributed by atoms with Crippen LogP contribution in [0.4, 0.5) is 0 Å². The van der Waals surface area contributed by atoms with Crippen molar-refractivity contribution >= 4 is 11.8 Å². The van der Waals surface area contributed by atoms with E-state index in [4.69, 9.17) is 9.84 Å². The molecule has 8 unspecified atom stereocenters. The van der Waals surface area contributed by atoms with E-state index < -0.39 is 5.97 Å². The first kappa shape index (κ1) is 28.8. The van der Waals surface area contributed by atoms with Crippen molar-refractivity contribution in [3.05, 3.63) is 11.6 Å². The summed E-state index contributed by atoms with van der Waals surface area (Å²) in [5.74, 6) is 3.96. The second-order valence-electron chi connectivity index (χ2n) is 14.2. The number of carboxylic acid groups (broad SMARTS) is 1. The normalized spacial score (nSPS) is 37.9. The highest BCUT2D eigenvalue weighted by Gasteiger charge is 2.59. The van der Waals surface area contributed by atoms with Gasteiger partial charge in [0.1, 0.15) is 12.2 Å². The van der Waals surface area contributed by atoms with Crippen molar-refractivity contribution in [3.8, 4) is 0 Å². The maximum absolute atomic E-state index is 11.7. The third kappa shape index (κ3) is 6.20. The number of hydrogen-bond donors (Lipinski definition) is 1. The largest absolute Gasteiger partial charge is 0.481 e. The van der Waals surface area contributed by atoms with Gasteiger partial charge in [-0.15, -0.1) is 0 Å². The Hall–Kier alpha value is -1.16. The molecule has 4 aliphatic rings. The maximum Gasteiger partial charge on any atom is 0.310 e. The van der Waals surface area contributed by atoms with E-state index in [2.05, 4.69) is 40.7 Å². The van der Waals surface area contributed by atoms with E-state index in [1.54, 1.807) is 5.57 Å². The Kier molecular flexibility index (Phi) is 9.29. The molecule has 210 valence electrons. The zero-order valence-electron chi connectivity index (χ0n) is 24.4. The lowest BCUT2D eigenvalue weighted by Crippen LogP contribution is -2.51. The molecule has 0 saturated heterocycles. The number of ketones is 1. The van der Waals surface area contributed by atoms with E-state index in [0.717, 1.165) is 48.3 Å². The van der Waals surface area contributed by atoms with Crippen molar-refractivity contribution in [2.75, 3.05) is 6.61 Å². The van der Waals surface area contributed by atoms with E-state index in [9.17, 15) is 9.59 Å². The summed E-state index contributed by atoms with van der Waals surface area (Å²) in [7, 11) is 0. The Morgan fingerprint density at radius 3 is 2.54 bits per heavy atom. The third-order valence-corrected chi connectivity index (χ3v) is 11.6. The summed E-state index contributed by atoms with van der Waals surface area (Å²) < 4.78 is 6.20. The van der Waals surface area contributed by atoms with Crippen molar-refractivity contribution in [1.29, 1.82) is 0 Å². The van der Waals surface area contributed by atoms with Gasteiger partial charge in [-0.3, -0.25) is 9.59 Å². The van der Waals surface area contributed by atoms with Gasteiger partial charge < -0.3 is 9.84 Å². The van der Waals surface area contributed by atoms with Crippen LogP contribution in [0.15, 0.2) is 11.6 Å². The molecule has 4 aliphatic carbocycles. The summed E-state index contributed by atoms with van der Waals surface area (Å²) >= 11 is 0. The van der Waals surface area contributed by atoms with Gasteiger partial charge in [0, 0.05) is 13.0 Å². The number of aliphatic carboxylic acids is 1. The van der Waals surface area contributed by atoms with Crippen LogP contribution in [-0.2, 0) is 14.3 Å². The average molecular weight is 515 g/mol. The van der Waals surface area contributed by atoms with Gasteiger partial charge in [-0.2, -0.15) is 0 Å². The van der Waals surface area contributed by atoms with Crippen LogP contribution in [0.3, 0.4) is 0 Å². The van der Waals surface area contributed by atoms with E-state index in [0.29, 0.717) is 30.3 Å². The van der Waals surface area contributed by atoms with Gasteiger partial charge >= 0.3 is 5.97 Å². The summed E-state index contributed by atoms with van der Waals surface area (Å²) in [6.07, 6.45) is 18.0. The van der Waals surface area contributed by atoms with Gasteiger partial charge in [0.05, 0.1) is 6.10 Å². The SMILES string of the molecule is CC(C)CCCC(C)C1CCC2C3CC=C4CC(OCCCC(=O)CC(=O)O)CCC4(C)C3CCC12C. The maximum atomic E-state index is 11.7. The number of rotatable bonds is 12. The lowest BCUT2D eigenvalue weighted by molar-refractivity contribution is -0.140. The zero-order chi connectivity index (χ0) is 26.8. The molecule has 0 amide bonds. The smallest absolute Gasteiger partial charge is 0.310 e. The molecule has 0 radical (unpaired) electrons. The minimum absolute atomic E-state index is 0.197. The fraction of sp³-hybridized carbons (Fsp3) is 0.879. The van der Waals surface area contributed by atoms with Crippen LogP contribution in [-0.4, -0.2) is 29.6 Å². The third-order valence-electron chi connectivity index (χ3n) is 11.6. The summed E-state index contributed by atoms with van der Waals surface area (Å²) in [6, 6.07) is 0. The first-order valence-electron chi connectivity index (χ1n) is 15.6. The Bertz CT molecular complexity index is 845. The fourth-order valence-electron chi connectivity index (χ4n) is 9.57. The predicted molar refractivity (Wildman–Crippen MR) is 149 cm³/mol. The van der Waals surface area contributed by atoms with Crippen molar-refractivity contribution in [2.45, 2.75) is 131 Å². The molecule has 0 bridgehead atoms. The van der Waals surface area contributed by atoms with E-state index in [1.807, 2.05) is 0 Å². The van der Waals surface area contributed by atoms with Crippen LogP contribution >= 0.6 is 0 Å². The van der Waals surface area contributed by atoms with Gasteiger partial charge in [0.25, 0.3) is 0 Å². The topological polar surface area (TPSA) is 63.6 Å². The summed E-state index contributed by atoms with van der Waals surface area (Å²) in [5, 5.41) is 8.75. The van der Waals surface area contributed by atoms with Gasteiger partial charge in [-0.1, -0.05) is 65.5 Å². The minimum atomic E-state index is -1.03. The molecule has 0 aromatic heterocycles.